The molecule has 0 amide bonds. The fourth-order valence-electron chi connectivity index (χ4n) is 1.47. The standard InChI is InChI=1S/C14H10O4S2/c1-17-13(15)9-5-7-19-11(9)3-4-12-10(6-8-20-12)14(16)18-2/h5-8H,1-2H3. The Morgan fingerprint density at radius 3 is 1.65 bits per heavy atom. The van der Waals surface area contributed by atoms with Crippen LogP contribution in [0.2, 0.25) is 0 Å². The van der Waals surface area contributed by atoms with Crippen LogP contribution in [-0.4, -0.2) is 26.2 Å². The number of esters is 2. The molecule has 2 aromatic heterocycles. The molecule has 2 rings (SSSR count). The zero-order valence-electron chi connectivity index (χ0n) is 10.8. The number of methoxy groups -OCH3 is 2. The molecule has 0 atom stereocenters. The molecule has 20 heavy (non-hydrogen) atoms. The molecule has 0 radical (unpaired) electrons. The minimum absolute atomic E-state index is 0.421. The Balaban J connectivity index is 2.33. The largest absolute Gasteiger partial charge is 0.465 e. The lowest BCUT2D eigenvalue weighted by molar-refractivity contribution is 0.0592. The predicted molar refractivity (Wildman–Crippen MR) is 77.3 cm³/mol. The van der Waals surface area contributed by atoms with Crippen molar-refractivity contribution in [3.63, 3.8) is 0 Å². The smallest absolute Gasteiger partial charge is 0.339 e. The van der Waals surface area contributed by atoms with E-state index in [0.29, 0.717) is 20.9 Å². The number of rotatable bonds is 2. The molecular formula is C14H10O4S2. The Hall–Kier alpha value is -2.10. The summed E-state index contributed by atoms with van der Waals surface area (Å²) in [4.78, 5) is 24.3. The highest BCUT2D eigenvalue weighted by atomic mass is 32.1. The quantitative estimate of drug-likeness (QED) is 0.632. The van der Waals surface area contributed by atoms with Gasteiger partial charge in [0.2, 0.25) is 0 Å². The third-order valence-electron chi connectivity index (χ3n) is 2.43. The summed E-state index contributed by atoms with van der Waals surface area (Å²) in [5.74, 6) is 4.96. The van der Waals surface area contributed by atoms with E-state index in [1.807, 2.05) is 0 Å². The molecule has 0 aromatic carbocycles. The van der Waals surface area contributed by atoms with Crippen LogP contribution >= 0.6 is 22.7 Å². The van der Waals surface area contributed by atoms with Gasteiger partial charge in [-0.2, -0.15) is 0 Å². The van der Waals surface area contributed by atoms with Crippen molar-refractivity contribution in [2.24, 2.45) is 0 Å². The molecule has 0 aliphatic heterocycles. The highest BCUT2D eigenvalue weighted by molar-refractivity contribution is 7.11. The monoisotopic (exact) mass is 306 g/mol. The lowest BCUT2D eigenvalue weighted by Gasteiger charge is -1.96. The number of carbonyl (C=O) groups is 2. The number of carbonyl (C=O) groups excluding carboxylic acids is 2. The average molecular weight is 306 g/mol. The normalized spacial score (nSPS) is 9.50. The summed E-state index contributed by atoms with van der Waals surface area (Å²) in [6.07, 6.45) is 0. The third-order valence-corrected chi connectivity index (χ3v) is 4.09. The first-order valence-electron chi connectivity index (χ1n) is 5.51. The molecule has 2 heterocycles. The SMILES string of the molecule is COC(=O)c1ccsc1C#Cc1sccc1C(=O)OC. The molecule has 0 bridgehead atoms. The molecule has 0 saturated carbocycles. The maximum Gasteiger partial charge on any atom is 0.339 e. The van der Waals surface area contributed by atoms with E-state index in [9.17, 15) is 9.59 Å². The van der Waals surface area contributed by atoms with Crippen LogP contribution in [0.5, 0.6) is 0 Å². The summed E-state index contributed by atoms with van der Waals surface area (Å²) in [5.41, 5.74) is 0.863. The van der Waals surface area contributed by atoms with E-state index >= 15 is 0 Å². The van der Waals surface area contributed by atoms with Gasteiger partial charge in [0.1, 0.15) is 0 Å². The first kappa shape index (κ1) is 14.3. The van der Waals surface area contributed by atoms with E-state index < -0.39 is 11.9 Å². The third kappa shape index (κ3) is 2.90. The van der Waals surface area contributed by atoms with Crippen molar-refractivity contribution in [2.45, 2.75) is 0 Å². The number of hydrogen-bond donors (Lipinski definition) is 0. The maximum absolute atomic E-state index is 11.5. The highest BCUT2D eigenvalue weighted by Gasteiger charge is 2.13. The van der Waals surface area contributed by atoms with Crippen LogP contribution in [0.3, 0.4) is 0 Å². The molecule has 0 spiro atoms. The molecule has 0 unspecified atom stereocenters. The second-order valence-electron chi connectivity index (χ2n) is 3.56. The fraction of sp³-hybridized carbons (Fsp3) is 0.143. The van der Waals surface area contributed by atoms with Crippen molar-refractivity contribution in [2.75, 3.05) is 14.2 Å². The summed E-state index contributed by atoms with van der Waals surface area (Å²) >= 11 is 2.70. The van der Waals surface area contributed by atoms with Crippen molar-refractivity contribution < 1.29 is 19.1 Å². The van der Waals surface area contributed by atoms with Gasteiger partial charge in [0, 0.05) is 0 Å². The minimum Gasteiger partial charge on any atom is -0.465 e. The van der Waals surface area contributed by atoms with Crippen LogP contribution in [0.15, 0.2) is 22.9 Å². The molecular weight excluding hydrogens is 296 g/mol. The highest BCUT2D eigenvalue weighted by Crippen LogP contribution is 2.19. The van der Waals surface area contributed by atoms with Crippen LogP contribution in [0.4, 0.5) is 0 Å². The zero-order valence-corrected chi connectivity index (χ0v) is 12.4. The van der Waals surface area contributed by atoms with E-state index in [1.54, 1.807) is 22.9 Å². The summed E-state index contributed by atoms with van der Waals surface area (Å²) in [7, 11) is 2.65. The first-order chi connectivity index (χ1) is 9.67. The second kappa shape index (κ2) is 6.37. The topological polar surface area (TPSA) is 52.6 Å². The molecule has 4 nitrogen and oxygen atoms in total. The lowest BCUT2D eigenvalue weighted by atomic mass is 10.2. The van der Waals surface area contributed by atoms with Gasteiger partial charge in [-0.15, -0.1) is 22.7 Å². The summed E-state index contributed by atoms with van der Waals surface area (Å²) in [6, 6.07) is 3.33. The molecule has 6 heteroatoms. The molecule has 0 aliphatic carbocycles. The van der Waals surface area contributed by atoms with Gasteiger partial charge >= 0.3 is 11.9 Å². The molecule has 0 aliphatic rings. The van der Waals surface area contributed by atoms with Gasteiger partial charge in [0.25, 0.3) is 0 Å². The van der Waals surface area contributed by atoms with E-state index in [-0.39, 0.29) is 0 Å². The fourth-order valence-corrected chi connectivity index (χ4v) is 2.92. The lowest BCUT2D eigenvalue weighted by Crippen LogP contribution is -2.01. The van der Waals surface area contributed by atoms with Crippen molar-refractivity contribution in [3.8, 4) is 11.8 Å². The Bertz CT molecular complexity index is 642. The van der Waals surface area contributed by atoms with Crippen molar-refractivity contribution in [1.82, 2.24) is 0 Å². The predicted octanol–water partition coefficient (Wildman–Crippen LogP) is 2.78. The van der Waals surface area contributed by atoms with E-state index in [2.05, 4.69) is 21.3 Å². The van der Waals surface area contributed by atoms with Crippen molar-refractivity contribution in [1.29, 1.82) is 0 Å². The van der Waals surface area contributed by atoms with Gasteiger partial charge in [-0.25, -0.2) is 9.59 Å². The van der Waals surface area contributed by atoms with Gasteiger partial charge in [0.15, 0.2) is 0 Å². The summed E-state index contributed by atoms with van der Waals surface area (Å²) in [5, 5.41) is 3.54. The molecule has 102 valence electrons. The van der Waals surface area contributed by atoms with Gasteiger partial charge in [0.05, 0.1) is 35.1 Å². The van der Waals surface area contributed by atoms with Crippen LogP contribution in [0, 0.1) is 11.8 Å². The molecule has 0 N–H and O–H groups in total. The number of thiophene rings is 2. The number of hydrogen-bond acceptors (Lipinski definition) is 6. The molecule has 2 aromatic rings. The second-order valence-corrected chi connectivity index (χ2v) is 5.39. The Labute approximate surface area is 124 Å². The van der Waals surface area contributed by atoms with E-state index in [4.69, 9.17) is 0 Å². The average Bonchev–Trinajstić information content (AvgIpc) is 3.11. The Morgan fingerprint density at radius 1 is 0.900 bits per heavy atom. The first-order valence-corrected chi connectivity index (χ1v) is 7.27. The Kier molecular flexibility index (Phi) is 4.56. The molecule has 0 fully saturated rings. The van der Waals surface area contributed by atoms with Crippen molar-refractivity contribution in [3.05, 3.63) is 43.8 Å². The van der Waals surface area contributed by atoms with Gasteiger partial charge in [-0.05, 0) is 34.7 Å². The van der Waals surface area contributed by atoms with E-state index in [0.717, 1.165) is 0 Å². The van der Waals surface area contributed by atoms with Gasteiger partial charge in [-0.3, -0.25) is 0 Å². The van der Waals surface area contributed by atoms with Crippen LogP contribution in [0.1, 0.15) is 30.5 Å². The minimum atomic E-state index is -0.421. The van der Waals surface area contributed by atoms with Gasteiger partial charge < -0.3 is 9.47 Å². The van der Waals surface area contributed by atoms with Crippen molar-refractivity contribution >= 4 is 34.6 Å². The molecule has 0 saturated heterocycles. The Morgan fingerprint density at radius 2 is 1.30 bits per heavy atom. The van der Waals surface area contributed by atoms with E-state index in [1.165, 1.54) is 36.9 Å². The summed E-state index contributed by atoms with van der Waals surface area (Å²) < 4.78 is 9.36. The van der Waals surface area contributed by atoms with Crippen LogP contribution in [-0.2, 0) is 9.47 Å². The maximum atomic E-state index is 11.5. The zero-order chi connectivity index (χ0) is 14.5. The van der Waals surface area contributed by atoms with Crippen LogP contribution < -0.4 is 0 Å². The summed E-state index contributed by atoms with van der Waals surface area (Å²) in [6.45, 7) is 0. The van der Waals surface area contributed by atoms with Gasteiger partial charge in [-0.1, -0.05) is 0 Å². The number of ether oxygens (including phenoxy) is 2. The van der Waals surface area contributed by atoms with Crippen LogP contribution in [0.25, 0.3) is 0 Å².